The Balaban J connectivity index is 1.93. The van der Waals surface area contributed by atoms with E-state index in [1.807, 2.05) is 6.07 Å². The molecule has 0 radical (unpaired) electrons. The topological polar surface area (TPSA) is 99.3 Å². The third kappa shape index (κ3) is 6.00. The van der Waals surface area contributed by atoms with Crippen molar-refractivity contribution in [3.05, 3.63) is 65.2 Å². The molecule has 0 aromatic heterocycles. The van der Waals surface area contributed by atoms with Crippen LogP contribution >= 0.6 is 11.6 Å². The predicted octanol–water partition coefficient (Wildman–Crippen LogP) is 2.95. The Kier molecular flexibility index (Phi) is 7.19. The number of urea groups is 1. The molecule has 0 aliphatic heterocycles. The minimum absolute atomic E-state index is 0.205. The second-order valence-electron chi connectivity index (χ2n) is 6.11. The fraction of sp³-hybridized carbons (Fsp3) is 0.211. The fourth-order valence-corrected chi connectivity index (χ4v) is 2.50. The van der Waals surface area contributed by atoms with Crippen molar-refractivity contribution < 1.29 is 14.4 Å². The van der Waals surface area contributed by atoms with Gasteiger partial charge in [-0.05, 0) is 30.2 Å². The minimum Gasteiger partial charge on any atom is -0.326 e. The van der Waals surface area contributed by atoms with Gasteiger partial charge in [-0.1, -0.05) is 55.8 Å². The van der Waals surface area contributed by atoms with Crippen molar-refractivity contribution in [3.8, 4) is 0 Å². The zero-order valence-corrected chi connectivity index (χ0v) is 15.7. The number of para-hydroxylation sites is 1. The maximum atomic E-state index is 12.4. The van der Waals surface area contributed by atoms with Gasteiger partial charge in [0.15, 0.2) is 0 Å². The summed E-state index contributed by atoms with van der Waals surface area (Å²) in [5.41, 5.74) is 5.46. The second kappa shape index (κ2) is 9.59. The lowest BCUT2D eigenvalue weighted by Gasteiger charge is -2.22. The maximum absolute atomic E-state index is 12.4. The molecule has 2 aromatic rings. The summed E-state index contributed by atoms with van der Waals surface area (Å²) in [6.07, 6.45) is 0. The molecule has 1 atom stereocenters. The van der Waals surface area contributed by atoms with Crippen LogP contribution in [-0.4, -0.2) is 23.9 Å². The Labute approximate surface area is 162 Å². The van der Waals surface area contributed by atoms with Crippen LogP contribution in [0.25, 0.3) is 0 Å². The van der Waals surface area contributed by atoms with Crippen molar-refractivity contribution in [3.63, 3.8) is 0 Å². The van der Waals surface area contributed by atoms with Crippen LogP contribution in [0.15, 0.2) is 54.6 Å². The number of hydrogen-bond acceptors (Lipinski definition) is 3. The molecule has 4 amide bonds. The summed E-state index contributed by atoms with van der Waals surface area (Å²) < 4.78 is 0. The lowest BCUT2D eigenvalue weighted by molar-refractivity contribution is -0.124. The number of anilines is 1. The zero-order chi connectivity index (χ0) is 19.8. The number of halogens is 1. The van der Waals surface area contributed by atoms with Crippen molar-refractivity contribution in [1.29, 1.82) is 0 Å². The summed E-state index contributed by atoms with van der Waals surface area (Å²) in [5, 5.41) is 5.51. The SMILES string of the molecule is CC(C)C(NC(=O)Nc1ccccc1)C(=O)NNC(=O)c1ccccc1Cl. The lowest BCUT2D eigenvalue weighted by atomic mass is 10.0. The molecule has 2 aromatic carbocycles. The molecule has 7 nitrogen and oxygen atoms in total. The summed E-state index contributed by atoms with van der Waals surface area (Å²) in [5.74, 6) is -1.30. The number of carbonyl (C=O) groups excluding carboxylic acids is 3. The summed E-state index contributed by atoms with van der Waals surface area (Å²) in [7, 11) is 0. The van der Waals surface area contributed by atoms with Gasteiger partial charge in [0.05, 0.1) is 10.6 Å². The molecule has 0 bridgehead atoms. The largest absolute Gasteiger partial charge is 0.326 e. The molecular formula is C19H21ClN4O3. The van der Waals surface area contributed by atoms with E-state index in [9.17, 15) is 14.4 Å². The maximum Gasteiger partial charge on any atom is 0.319 e. The summed E-state index contributed by atoms with van der Waals surface area (Å²) in [4.78, 5) is 36.6. The van der Waals surface area contributed by atoms with Gasteiger partial charge in [0.1, 0.15) is 6.04 Å². The Morgan fingerprint density at radius 1 is 0.889 bits per heavy atom. The van der Waals surface area contributed by atoms with E-state index in [1.165, 1.54) is 6.07 Å². The first-order valence-electron chi connectivity index (χ1n) is 8.35. The van der Waals surface area contributed by atoms with Crippen molar-refractivity contribution in [1.82, 2.24) is 16.2 Å². The fourth-order valence-electron chi connectivity index (χ4n) is 2.27. The van der Waals surface area contributed by atoms with Crippen LogP contribution in [0.5, 0.6) is 0 Å². The van der Waals surface area contributed by atoms with Crippen molar-refractivity contribution in [2.45, 2.75) is 19.9 Å². The molecular weight excluding hydrogens is 368 g/mol. The van der Waals surface area contributed by atoms with E-state index in [1.54, 1.807) is 56.3 Å². The highest BCUT2D eigenvalue weighted by Gasteiger charge is 2.25. The van der Waals surface area contributed by atoms with E-state index < -0.39 is 23.9 Å². The minimum atomic E-state index is -0.847. The van der Waals surface area contributed by atoms with Crippen molar-refractivity contribution in [2.75, 3.05) is 5.32 Å². The van der Waals surface area contributed by atoms with E-state index in [0.29, 0.717) is 5.69 Å². The molecule has 4 N–H and O–H groups in total. The smallest absolute Gasteiger partial charge is 0.319 e. The van der Waals surface area contributed by atoms with E-state index >= 15 is 0 Å². The Morgan fingerprint density at radius 3 is 2.15 bits per heavy atom. The van der Waals surface area contributed by atoms with Gasteiger partial charge >= 0.3 is 6.03 Å². The molecule has 0 aliphatic carbocycles. The van der Waals surface area contributed by atoms with E-state index in [2.05, 4.69) is 21.5 Å². The van der Waals surface area contributed by atoms with Gasteiger partial charge in [-0.2, -0.15) is 0 Å². The number of rotatable bonds is 5. The highest BCUT2D eigenvalue weighted by atomic mass is 35.5. The molecule has 142 valence electrons. The van der Waals surface area contributed by atoms with Gasteiger partial charge in [0.2, 0.25) is 0 Å². The van der Waals surface area contributed by atoms with Crippen LogP contribution in [0.1, 0.15) is 24.2 Å². The predicted molar refractivity (Wildman–Crippen MR) is 104 cm³/mol. The molecule has 27 heavy (non-hydrogen) atoms. The summed E-state index contributed by atoms with van der Waals surface area (Å²) in [6, 6.07) is 14.0. The third-order valence-corrected chi connectivity index (χ3v) is 4.01. The monoisotopic (exact) mass is 388 g/mol. The first-order valence-corrected chi connectivity index (χ1v) is 8.73. The van der Waals surface area contributed by atoms with Gasteiger partial charge < -0.3 is 10.6 Å². The molecule has 0 aliphatic rings. The van der Waals surface area contributed by atoms with Crippen molar-refractivity contribution in [2.24, 2.45) is 5.92 Å². The van der Waals surface area contributed by atoms with Crippen LogP contribution in [0, 0.1) is 5.92 Å². The van der Waals surface area contributed by atoms with E-state index in [4.69, 9.17) is 11.6 Å². The van der Waals surface area contributed by atoms with E-state index in [0.717, 1.165) is 0 Å². The zero-order valence-electron chi connectivity index (χ0n) is 15.0. The molecule has 0 heterocycles. The number of benzene rings is 2. The second-order valence-corrected chi connectivity index (χ2v) is 6.52. The standard InChI is InChI=1S/C19H21ClN4O3/c1-12(2)16(22-19(27)21-13-8-4-3-5-9-13)18(26)24-23-17(25)14-10-6-7-11-15(14)20/h3-12,16H,1-2H3,(H,23,25)(H,24,26)(H2,21,22,27). The Morgan fingerprint density at radius 2 is 1.52 bits per heavy atom. The van der Waals surface area contributed by atoms with Gasteiger partial charge in [0, 0.05) is 5.69 Å². The van der Waals surface area contributed by atoms with Crippen LogP contribution in [-0.2, 0) is 4.79 Å². The third-order valence-electron chi connectivity index (χ3n) is 3.69. The summed E-state index contributed by atoms with van der Waals surface area (Å²) in [6.45, 7) is 3.56. The first kappa shape index (κ1) is 20.3. The van der Waals surface area contributed by atoms with Gasteiger partial charge in [-0.25, -0.2) is 4.79 Å². The quantitative estimate of drug-likeness (QED) is 0.592. The van der Waals surface area contributed by atoms with Gasteiger partial charge in [-0.3, -0.25) is 20.4 Å². The van der Waals surface area contributed by atoms with Gasteiger partial charge in [-0.15, -0.1) is 0 Å². The Bertz CT molecular complexity index is 812. The van der Waals surface area contributed by atoms with E-state index in [-0.39, 0.29) is 16.5 Å². The molecule has 1 unspecified atom stereocenters. The molecule has 0 saturated heterocycles. The Hall–Kier alpha value is -3.06. The van der Waals surface area contributed by atoms with Crippen LogP contribution < -0.4 is 21.5 Å². The van der Waals surface area contributed by atoms with Crippen LogP contribution in [0.2, 0.25) is 5.02 Å². The normalized spacial score (nSPS) is 11.4. The highest BCUT2D eigenvalue weighted by molar-refractivity contribution is 6.33. The number of amides is 4. The molecule has 8 heteroatoms. The molecule has 0 fully saturated rings. The van der Waals surface area contributed by atoms with Crippen molar-refractivity contribution >= 4 is 35.1 Å². The molecule has 0 saturated carbocycles. The molecule has 0 spiro atoms. The van der Waals surface area contributed by atoms with Gasteiger partial charge in [0.25, 0.3) is 11.8 Å². The average Bonchev–Trinajstić information content (AvgIpc) is 2.65. The summed E-state index contributed by atoms with van der Waals surface area (Å²) >= 11 is 5.95. The molecule has 2 rings (SSSR count). The van der Waals surface area contributed by atoms with Crippen LogP contribution in [0.4, 0.5) is 10.5 Å². The average molecular weight is 389 g/mol. The number of hydrogen-bond donors (Lipinski definition) is 4. The number of carbonyl (C=O) groups is 3. The number of hydrazine groups is 1. The van der Waals surface area contributed by atoms with Crippen LogP contribution in [0.3, 0.4) is 0 Å². The first-order chi connectivity index (χ1) is 12.9. The lowest BCUT2D eigenvalue weighted by Crippen LogP contribution is -2.55. The number of nitrogens with one attached hydrogen (secondary N) is 4. The highest BCUT2D eigenvalue weighted by Crippen LogP contribution is 2.14.